The molecule has 0 aromatic heterocycles. The fraction of sp³-hybridized carbons (Fsp3) is 0.680. The molecule has 0 nitrogen and oxygen atoms in total. The van der Waals surface area contributed by atoms with Crippen molar-refractivity contribution in [1.29, 1.82) is 0 Å². The Labute approximate surface area is 160 Å². The number of allylic oxidation sites excluding steroid dienone is 1. The Balaban J connectivity index is 1.43. The van der Waals surface area contributed by atoms with Crippen LogP contribution in [-0.2, 0) is 6.42 Å². The SMILES string of the molecule is CCCCc1ccc(C2CCC([C@H]3CC[C@H](C/C=C/F)CC3)CC2)cc1. The molecule has 0 aliphatic heterocycles. The van der Waals surface area contributed by atoms with Crippen molar-refractivity contribution >= 4 is 0 Å². The molecular formula is C25H37F. The van der Waals surface area contributed by atoms with Crippen LogP contribution in [0.2, 0.25) is 0 Å². The Kier molecular flexibility index (Phi) is 7.77. The predicted molar refractivity (Wildman–Crippen MR) is 110 cm³/mol. The summed E-state index contributed by atoms with van der Waals surface area (Å²) in [5.74, 6) is 3.42. The van der Waals surface area contributed by atoms with Crippen LogP contribution in [0.3, 0.4) is 0 Å². The van der Waals surface area contributed by atoms with Gasteiger partial charge in [0.2, 0.25) is 0 Å². The van der Waals surface area contributed by atoms with Crippen molar-refractivity contribution in [2.75, 3.05) is 0 Å². The third-order valence-electron chi connectivity index (χ3n) is 7.16. The van der Waals surface area contributed by atoms with Crippen LogP contribution in [0.25, 0.3) is 0 Å². The van der Waals surface area contributed by atoms with Crippen LogP contribution >= 0.6 is 0 Å². The van der Waals surface area contributed by atoms with Gasteiger partial charge in [-0.25, -0.2) is 4.39 Å². The highest BCUT2D eigenvalue weighted by molar-refractivity contribution is 5.26. The molecule has 0 bridgehead atoms. The summed E-state index contributed by atoms with van der Waals surface area (Å²) < 4.78 is 12.2. The summed E-state index contributed by atoms with van der Waals surface area (Å²) in [6.45, 7) is 2.26. The fourth-order valence-corrected chi connectivity index (χ4v) is 5.40. The van der Waals surface area contributed by atoms with E-state index in [1.807, 2.05) is 0 Å². The molecule has 0 radical (unpaired) electrons. The van der Waals surface area contributed by atoms with Gasteiger partial charge in [-0.3, -0.25) is 0 Å². The number of aryl methyl sites for hydroxylation is 1. The zero-order valence-electron chi connectivity index (χ0n) is 16.6. The number of halogens is 1. The zero-order valence-corrected chi connectivity index (χ0v) is 16.6. The summed E-state index contributed by atoms with van der Waals surface area (Å²) in [6, 6.07) is 9.54. The summed E-state index contributed by atoms with van der Waals surface area (Å²) in [7, 11) is 0. The van der Waals surface area contributed by atoms with E-state index >= 15 is 0 Å². The Morgan fingerprint density at radius 3 is 2.08 bits per heavy atom. The van der Waals surface area contributed by atoms with Crippen molar-refractivity contribution in [2.45, 2.75) is 89.9 Å². The van der Waals surface area contributed by atoms with Crippen LogP contribution in [0.5, 0.6) is 0 Å². The lowest BCUT2D eigenvalue weighted by Gasteiger charge is -2.38. The highest BCUT2D eigenvalue weighted by Gasteiger charge is 2.30. The van der Waals surface area contributed by atoms with E-state index in [2.05, 4.69) is 31.2 Å². The first-order valence-corrected chi connectivity index (χ1v) is 11.1. The first-order valence-electron chi connectivity index (χ1n) is 11.1. The molecule has 0 N–H and O–H groups in total. The second-order valence-electron chi connectivity index (χ2n) is 8.84. The second-order valence-corrected chi connectivity index (χ2v) is 8.84. The van der Waals surface area contributed by atoms with Crippen LogP contribution in [0.1, 0.15) is 94.6 Å². The molecule has 1 aromatic rings. The van der Waals surface area contributed by atoms with Gasteiger partial charge in [-0.15, -0.1) is 0 Å². The van der Waals surface area contributed by atoms with Gasteiger partial charge in [-0.1, -0.05) is 43.7 Å². The van der Waals surface area contributed by atoms with Crippen molar-refractivity contribution in [1.82, 2.24) is 0 Å². The van der Waals surface area contributed by atoms with Crippen molar-refractivity contribution in [3.63, 3.8) is 0 Å². The average molecular weight is 357 g/mol. The van der Waals surface area contributed by atoms with Crippen LogP contribution < -0.4 is 0 Å². The lowest BCUT2D eigenvalue weighted by Crippen LogP contribution is -2.25. The van der Waals surface area contributed by atoms with E-state index in [0.717, 1.165) is 36.4 Å². The Hall–Kier alpha value is -1.11. The molecule has 0 saturated heterocycles. The maximum absolute atomic E-state index is 12.2. The maximum Gasteiger partial charge on any atom is 0.0827 e. The van der Waals surface area contributed by atoms with Gasteiger partial charge in [0.15, 0.2) is 0 Å². The number of hydrogen-bond donors (Lipinski definition) is 0. The first-order chi connectivity index (χ1) is 12.8. The molecule has 26 heavy (non-hydrogen) atoms. The van der Waals surface area contributed by atoms with Crippen LogP contribution in [0.15, 0.2) is 36.7 Å². The third kappa shape index (κ3) is 5.44. The minimum absolute atomic E-state index is 0.726. The average Bonchev–Trinajstić information content (AvgIpc) is 2.72. The maximum atomic E-state index is 12.2. The highest BCUT2D eigenvalue weighted by atomic mass is 19.1. The summed E-state index contributed by atoms with van der Waals surface area (Å²) >= 11 is 0. The standard InChI is InChI=1S/C25H37F/c1-2-3-5-20-7-11-22(12-8-20)24-15-17-25(18-16-24)23-13-9-21(10-14-23)6-4-19-26/h4,7-8,11-12,19,21,23-25H,2-3,5-6,9-10,13-18H2,1H3/b19-4+/t21-,23-,24?,25?. The molecule has 3 rings (SSSR count). The Bertz CT molecular complexity index is 528. The molecular weight excluding hydrogens is 319 g/mol. The quantitative estimate of drug-likeness (QED) is 0.464. The molecule has 144 valence electrons. The van der Waals surface area contributed by atoms with Gasteiger partial charge >= 0.3 is 0 Å². The lowest BCUT2D eigenvalue weighted by atomic mass is 9.68. The van der Waals surface area contributed by atoms with Gasteiger partial charge in [0.1, 0.15) is 0 Å². The number of unbranched alkanes of at least 4 members (excludes halogenated alkanes) is 1. The van der Waals surface area contributed by atoms with Crippen molar-refractivity contribution in [2.24, 2.45) is 17.8 Å². The van der Waals surface area contributed by atoms with E-state index in [0.29, 0.717) is 0 Å². The lowest BCUT2D eigenvalue weighted by molar-refractivity contribution is 0.160. The van der Waals surface area contributed by atoms with Gasteiger partial charge < -0.3 is 0 Å². The first kappa shape index (κ1) is 19.6. The van der Waals surface area contributed by atoms with E-state index < -0.39 is 0 Å². The molecule has 0 heterocycles. The van der Waals surface area contributed by atoms with Crippen molar-refractivity contribution in [3.05, 3.63) is 47.8 Å². The largest absolute Gasteiger partial charge is 0.216 e. The third-order valence-corrected chi connectivity index (χ3v) is 7.16. The molecule has 2 aliphatic rings. The summed E-state index contributed by atoms with van der Waals surface area (Å²) in [4.78, 5) is 0. The molecule has 0 amide bonds. The van der Waals surface area contributed by atoms with Crippen LogP contribution in [0.4, 0.5) is 4.39 Å². The van der Waals surface area contributed by atoms with Gasteiger partial charge in [-0.2, -0.15) is 0 Å². The van der Waals surface area contributed by atoms with E-state index in [4.69, 9.17) is 0 Å². The van der Waals surface area contributed by atoms with E-state index in [9.17, 15) is 4.39 Å². The van der Waals surface area contributed by atoms with E-state index in [-0.39, 0.29) is 0 Å². The Morgan fingerprint density at radius 2 is 1.50 bits per heavy atom. The molecule has 1 aromatic carbocycles. The minimum Gasteiger partial charge on any atom is -0.216 e. The van der Waals surface area contributed by atoms with Crippen molar-refractivity contribution in [3.8, 4) is 0 Å². The normalized spacial score (nSPS) is 29.9. The molecule has 2 saturated carbocycles. The second kappa shape index (κ2) is 10.3. The zero-order chi connectivity index (χ0) is 18.2. The molecule has 2 fully saturated rings. The summed E-state index contributed by atoms with van der Waals surface area (Å²) in [6.07, 6.45) is 18.2. The van der Waals surface area contributed by atoms with Crippen molar-refractivity contribution < 1.29 is 4.39 Å². The van der Waals surface area contributed by atoms with Gasteiger partial charge in [0, 0.05) is 0 Å². The molecule has 0 unspecified atom stereocenters. The minimum atomic E-state index is 0.726. The van der Waals surface area contributed by atoms with Crippen LogP contribution in [0, 0.1) is 17.8 Å². The molecule has 1 heteroatoms. The van der Waals surface area contributed by atoms with Gasteiger partial charge in [0.05, 0.1) is 6.33 Å². The smallest absolute Gasteiger partial charge is 0.0827 e. The molecule has 2 aliphatic carbocycles. The summed E-state index contributed by atoms with van der Waals surface area (Å²) in [5, 5.41) is 0. The predicted octanol–water partition coefficient (Wildman–Crippen LogP) is 7.98. The van der Waals surface area contributed by atoms with E-state index in [1.165, 1.54) is 76.2 Å². The summed E-state index contributed by atoms with van der Waals surface area (Å²) in [5.41, 5.74) is 3.08. The highest BCUT2D eigenvalue weighted by Crippen LogP contribution is 2.44. The number of hydrogen-bond acceptors (Lipinski definition) is 0. The van der Waals surface area contributed by atoms with E-state index in [1.54, 1.807) is 11.6 Å². The topological polar surface area (TPSA) is 0 Å². The van der Waals surface area contributed by atoms with Gasteiger partial charge in [-0.05, 0) is 105 Å². The molecule has 0 atom stereocenters. The molecule has 0 spiro atoms. The van der Waals surface area contributed by atoms with Gasteiger partial charge in [0.25, 0.3) is 0 Å². The number of rotatable bonds is 7. The number of benzene rings is 1. The monoisotopic (exact) mass is 356 g/mol. The Morgan fingerprint density at radius 1 is 0.885 bits per heavy atom. The van der Waals surface area contributed by atoms with Crippen LogP contribution in [-0.4, -0.2) is 0 Å². The fourth-order valence-electron chi connectivity index (χ4n) is 5.40.